The van der Waals surface area contributed by atoms with Gasteiger partial charge in [-0.15, -0.1) is 0 Å². The van der Waals surface area contributed by atoms with E-state index in [1.165, 1.54) is 36.8 Å². The fraction of sp³-hybridized carbons (Fsp3) is 0.611. The van der Waals surface area contributed by atoms with E-state index in [1.807, 2.05) is 7.05 Å². The smallest absolute Gasteiger partial charge is 0.251 e. The molecule has 0 spiro atoms. The van der Waals surface area contributed by atoms with E-state index in [2.05, 4.69) is 42.7 Å². The van der Waals surface area contributed by atoms with E-state index in [0.29, 0.717) is 12.0 Å². The summed E-state index contributed by atoms with van der Waals surface area (Å²) in [4.78, 5) is 12.0. The first kappa shape index (κ1) is 16.0. The molecular formula is C18H28N2O. The molecule has 0 saturated carbocycles. The van der Waals surface area contributed by atoms with Crippen LogP contribution in [0, 0.1) is 5.92 Å². The lowest BCUT2D eigenvalue weighted by molar-refractivity contribution is 0.0946. The van der Waals surface area contributed by atoms with Gasteiger partial charge in [-0.3, -0.25) is 4.79 Å². The van der Waals surface area contributed by atoms with Crippen molar-refractivity contribution in [3.63, 3.8) is 0 Å². The van der Waals surface area contributed by atoms with Crippen LogP contribution in [0.5, 0.6) is 0 Å². The fourth-order valence-electron chi connectivity index (χ4n) is 3.52. The number of nitrogens with one attached hydrogen (secondary N) is 2. The van der Waals surface area contributed by atoms with Crippen LogP contribution in [-0.4, -0.2) is 19.5 Å². The van der Waals surface area contributed by atoms with Crippen molar-refractivity contribution in [3.05, 3.63) is 34.9 Å². The minimum Gasteiger partial charge on any atom is -0.352 e. The summed E-state index contributed by atoms with van der Waals surface area (Å²) < 4.78 is 0. The molecule has 1 amide bonds. The van der Waals surface area contributed by atoms with E-state index in [1.54, 1.807) is 0 Å². The van der Waals surface area contributed by atoms with Gasteiger partial charge >= 0.3 is 0 Å². The van der Waals surface area contributed by atoms with Gasteiger partial charge in [-0.05, 0) is 49.4 Å². The molecule has 1 aliphatic rings. The molecule has 0 aromatic heterocycles. The lowest BCUT2D eigenvalue weighted by Gasteiger charge is -2.28. The lowest BCUT2D eigenvalue weighted by Crippen LogP contribution is -2.32. The standard InChI is InChI=1S/C18H28N2O/c1-4-6-14(7-5-2)17(19-3)15-9-8-13-10-11-20-18(21)16(13)12-15/h8-9,12,14,17,19H,4-7,10-11H2,1-3H3,(H,20,21). The van der Waals surface area contributed by atoms with E-state index >= 15 is 0 Å². The number of carbonyl (C=O) groups is 1. The summed E-state index contributed by atoms with van der Waals surface area (Å²) in [6, 6.07) is 6.79. The maximum Gasteiger partial charge on any atom is 0.251 e. The van der Waals surface area contributed by atoms with Crippen molar-refractivity contribution < 1.29 is 4.79 Å². The first-order valence-electron chi connectivity index (χ1n) is 8.29. The van der Waals surface area contributed by atoms with Gasteiger partial charge in [0, 0.05) is 18.2 Å². The van der Waals surface area contributed by atoms with E-state index in [4.69, 9.17) is 0 Å². The van der Waals surface area contributed by atoms with E-state index in [9.17, 15) is 4.79 Å². The van der Waals surface area contributed by atoms with Crippen molar-refractivity contribution in [2.75, 3.05) is 13.6 Å². The Kier molecular flexibility index (Phi) is 5.80. The minimum absolute atomic E-state index is 0.0792. The van der Waals surface area contributed by atoms with E-state index in [-0.39, 0.29) is 5.91 Å². The van der Waals surface area contributed by atoms with Crippen molar-refractivity contribution in [3.8, 4) is 0 Å². The van der Waals surface area contributed by atoms with Gasteiger partial charge in [-0.1, -0.05) is 38.8 Å². The van der Waals surface area contributed by atoms with Crippen LogP contribution in [0.3, 0.4) is 0 Å². The molecule has 1 atom stereocenters. The molecule has 3 heteroatoms. The zero-order valence-corrected chi connectivity index (χ0v) is 13.5. The summed E-state index contributed by atoms with van der Waals surface area (Å²) in [7, 11) is 2.03. The quantitative estimate of drug-likeness (QED) is 0.807. The highest BCUT2D eigenvalue weighted by Gasteiger charge is 2.23. The molecule has 2 N–H and O–H groups in total. The molecule has 116 valence electrons. The van der Waals surface area contributed by atoms with Crippen molar-refractivity contribution in [2.45, 2.75) is 52.0 Å². The molecule has 0 bridgehead atoms. The summed E-state index contributed by atoms with van der Waals surface area (Å²) in [6.07, 6.45) is 5.80. The second kappa shape index (κ2) is 7.60. The topological polar surface area (TPSA) is 41.1 Å². The van der Waals surface area contributed by atoms with Crippen LogP contribution < -0.4 is 10.6 Å². The van der Waals surface area contributed by atoms with Gasteiger partial charge in [0.2, 0.25) is 0 Å². The van der Waals surface area contributed by atoms with Gasteiger partial charge in [0.25, 0.3) is 5.91 Å². The average Bonchev–Trinajstić information content (AvgIpc) is 2.49. The number of amides is 1. The zero-order valence-electron chi connectivity index (χ0n) is 13.5. The fourth-order valence-corrected chi connectivity index (χ4v) is 3.52. The maximum atomic E-state index is 12.0. The van der Waals surface area contributed by atoms with Crippen LogP contribution in [0.2, 0.25) is 0 Å². The Bertz CT molecular complexity index is 478. The number of rotatable bonds is 7. The van der Waals surface area contributed by atoms with Crippen LogP contribution in [0.1, 0.15) is 67.1 Å². The van der Waals surface area contributed by atoms with E-state index < -0.39 is 0 Å². The molecule has 21 heavy (non-hydrogen) atoms. The number of fused-ring (bicyclic) bond motifs is 1. The van der Waals surface area contributed by atoms with Crippen molar-refractivity contribution in [1.82, 2.24) is 10.6 Å². The third-order valence-corrected chi connectivity index (χ3v) is 4.52. The average molecular weight is 288 g/mol. The van der Waals surface area contributed by atoms with Crippen LogP contribution >= 0.6 is 0 Å². The molecule has 1 aromatic carbocycles. The van der Waals surface area contributed by atoms with Gasteiger partial charge in [-0.25, -0.2) is 0 Å². The Hall–Kier alpha value is -1.35. The Morgan fingerprint density at radius 2 is 1.95 bits per heavy atom. The minimum atomic E-state index is 0.0792. The largest absolute Gasteiger partial charge is 0.352 e. The molecule has 0 saturated heterocycles. The molecule has 0 radical (unpaired) electrons. The predicted octanol–water partition coefficient (Wildman–Crippen LogP) is 3.45. The Morgan fingerprint density at radius 3 is 2.57 bits per heavy atom. The molecule has 0 aliphatic carbocycles. The van der Waals surface area contributed by atoms with Gasteiger partial charge in [-0.2, -0.15) is 0 Å². The third kappa shape index (κ3) is 3.65. The van der Waals surface area contributed by atoms with Gasteiger partial charge in [0.15, 0.2) is 0 Å². The molecule has 2 rings (SSSR count). The van der Waals surface area contributed by atoms with Gasteiger partial charge in [0.1, 0.15) is 0 Å². The monoisotopic (exact) mass is 288 g/mol. The molecule has 3 nitrogen and oxygen atoms in total. The van der Waals surface area contributed by atoms with Crippen LogP contribution in [0.25, 0.3) is 0 Å². The number of hydrogen-bond acceptors (Lipinski definition) is 2. The zero-order chi connectivity index (χ0) is 15.2. The first-order chi connectivity index (χ1) is 10.2. The molecule has 0 fully saturated rings. The summed E-state index contributed by atoms with van der Waals surface area (Å²) in [5.74, 6) is 0.713. The normalized spacial score (nSPS) is 15.7. The molecule has 1 heterocycles. The van der Waals surface area contributed by atoms with Crippen LogP contribution in [0.4, 0.5) is 0 Å². The second-order valence-corrected chi connectivity index (χ2v) is 6.03. The highest BCUT2D eigenvalue weighted by Crippen LogP contribution is 2.31. The summed E-state index contributed by atoms with van der Waals surface area (Å²) in [5.41, 5.74) is 3.30. The second-order valence-electron chi connectivity index (χ2n) is 6.03. The van der Waals surface area contributed by atoms with Crippen molar-refractivity contribution in [1.29, 1.82) is 0 Å². The number of hydrogen-bond donors (Lipinski definition) is 2. The van der Waals surface area contributed by atoms with Crippen molar-refractivity contribution in [2.24, 2.45) is 5.92 Å². The third-order valence-electron chi connectivity index (χ3n) is 4.52. The first-order valence-corrected chi connectivity index (χ1v) is 8.29. The van der Waals surface area contributed by atoms with Crippen LogP contribution in [-0.2, 0) is 6.42 Å². The molecular weight excluding hydrogens is 260 g/mol. The molecule has 1 aromatic rings. The highest BCUT2D eigenvalue weighted by molar-refractivity contribution is 5.96. The number of carbonyl (C=O) groups excluding carboxylic acids is 1. The Labute approximate surface area is 128 Å². The number of benzene rings is 1. The Morgan fingerprint density at radius 1 is 1.24 bits per heavy atom. The van der Waals surface area contributed by atoms with Crippen LogP contribution in [0.15, 0.2) is 18.2 Å². The maximum absolute atomic E-state index is 12.0. The Balaban J connectivity index is 2.29. The molecule has 1 unspecified atom stereocenters. The molecule has 1 aliphatic heterocycles. The highest BCUT2D eigenvalue weighted by atomic mass is 16.1. The summed E-state index contributed by atoms with van der Waals surface area (Å²) in [5, 5.41) is 6.42. The van der Waals surface area contributed by atoms with E-state index in [0.717, 1.165) is 18.5 Å². The van der Waals surface area contributed by atoms with Crippen molar-refractivity contribution >= 4 is 5.91 Å². The SMILES string of the molecule is CCCC(CCC)C(NC)c1ccc2c(c1)C(=O)NCC2. The summed E-state index contributed by atoms with van der Waals surface area (Å²) in [6.45, 7) is 5.25. The van der Waals surface area contributed by atoms with Gasteiger partial charge in [0.05, 0.1) is 0 Å². The van der Waals surface area contributed by atoms with Gasteiger partial charge < -0.3 is 10.6 Å². The lowest BCUT2D eigenvalue weighted by atomic mass is 9.84. The summed E-state index contributed by atoms with van der Waals surface area (Å²) >= 11 is 0. The predicted molar refractivity (Wildman–Crippen MR) is 87.6 cm³/mol.